The van der Waals surface area contributed by atoms with Crippen LogP contribution in [-0.4, -0.2) is 5.97 Å². The van der Waals surface area contributed by atoms with Crippen LogP contribution in [0.15, 0.2) is 84.3 Å². The first-order valence-electron chi connectivity index (χ1n) is 9.73. The Morgan fingerprint density at radius 2 is 1.78 bits per heavy atom. The summed E-state index contributed by atoms with van der Waals surface area (Å²) in [7, 11) is 0. The summed E-state index contributed by atoms with van der Waals surface area (Å²) in [5.41, 5.74) is 6.74. The minimum Gasteiger partial charge on any atom is -0.439 e. The molecule has 0 saturated heterocycles. The van der Waals surface area contributed by atoms with E-state index < -0.39 is 17.7 Å². The summed E-state index contributed by atoms with van der Waals surface area (Å²) in [5.74, 6) is -1.28. The zero-order chi connectivity index (χ0) is 22.2. The maximum atomic E-state index is 14.1. The third-order valence-electron chi connectivity index (χ3n) is 5.25. The molecule has 0 saturated carbocycles. The van der Waals surface area contributed by atoms with Gasteiger partial charge in [-0.1, -0.05) is 42.5 Å². The number of benzene rings is 3. The molecule has 1 atom stereocenters. The third-order valence-corrected chi connectivity index (χ3v) is 6.47. The Balaban J connectivity index is 1.65. The van der Waals surface area contributed by atoms with E-state index in [1.807, 2.05) is 24.3 Å². The molecule has 5 rings (SSSR count). The van der Waals surface area contributed by atoms with E-state index in [2.05, 4.69) is 6.07 Å². The highest BCUT2D eigenvalue weighted by Gasteiger charge is 2.35. The van der Waals surface area contributed by atoms with Crippen LogP contribution in [0.1, 0.15) is 26.7 Å². The minimum absolute atomic E-state index is 0.00351. The van der Waals surface area contributed by atoms with Crippen LogP contribution in [0.3, 0.4) is 0 Å². The van der Waals surface area contributed by atoms with Crippen molar-refractivity contribution in [2.75, 3.05) is 0 Å². The van der Waals surface area contributed by atoms with Gasteiger partial charge in [-0.2, -0.15) is 5.26 Å². The molecular weight excluding hydrogens is 427 g/mol. The molecule has 0 spiro atoms. The monoisotopic (exact) mass is 442 g/mol. The Kier molecular flexibility index (Phi) is 4.85. The summed E-state index contributed by atoms with van der Waals surface area (Å²) < 4.78 is 26.5. The Bertz CT molecular complexity index is 1450. The van der Waals surface area contributed by atoms with Gasteiger partial charge >= 0.3 is 5.97 Å². The zero-order valence-electron chi connectivity index (χ0n) is 16.5. The fourth-order valence-corrected chi connectivity index (χ4v) is 5.05. The summed E-state index contributed by atoms with van der Waals surface area (Å²) in [5, 5.41) is 10.7. The highest BCUT2D eigenvalue weighted by molar-refractivity contribution is 7.19. The van der Waals surface area contributed by atoms with Crippen molar-refractivity contribution in [2.24, 2.45) is 5.73 Å². The molecule has 156 valence electrons. The lowest BCUT2D eigenvalue weighted by molar-refractivity contribution is 0.0728. The molecule has 0 bridgehead atoms. The van der Waals surface area contributed by atoms with E-state index >= 15 is 0 Å². The number of nitriles is 1. The van der Waals surface area contributed by atoms with Gasteiger partial charge in [-0.3, -0.25) is 0 Å². The van der Waals surface area contributed by atoms with Crippen LogP contribution in [0.5, 0.6) is 11.5 Å². The van der Waals surface area contributed by atoms with Gasteiger partial charge in [-0.05, 0) is 30.3 Å². The number of fused-ring (bicyclic) bond motifs is 3. The van der Waals surface area contributed by atoms with Gasteiger partial charge in [0.05, 0.1) is 16.4 Å². The second-order valence-corrected chi connectivity index (χ2v) is 8.21. The molecule has 0 fully saturated rings. The first-order chi connectivity index (χ1) is 15.6. The van der Waals surface area contributed by atoms with Gasteiger partial charge in [0.15, 0.2) is 5.75 Å². The third kappa shape index (κ3) is 3.18. The molecule has 1 unspecified atom stereocenters. The number of thiophene rings is 1. The van der Waals surface area contributed by atoms with Crippen LogP contribution in [0.2, 0.25) is 0 Å². The summed E-state index contributed by atoms with van der Waals surface area (Å²) in [6.07, 6.45) is 0. The molecule has 3 aromatic carbocycles. The van der Waals surface area contributed by atoms with Gasteiger partial charge in [-0.15, -0.1) is 11.3 Å². The lowest BCUT2D eigenvalue weighted by atomic mass is 9.87. The van der Waals surface area contributed by atoms with Crippen molar-refractivity contribution in [3.63, 3.8) is 0 Å². The van der Waals surface area contributed by atoms with Gasteiger partial charge in [-0.25, -0.2) is 9.18 Å². The molecule has 0 radical (unpaired) electrons. The number of nitrogens with two attached hydrogens (primary N) is 1. The van der Waals surface area contributed by atoms with E-state index in [4.69, 9.17) is 15.2 Å². The molecule has 1 aliphatic heterocycles. The number of esters is 1. The number of para-hydroxylation sites is 1. The summed E-state index contributed by atoms with van der Waals surface area (Å²) in [4.78, 5) is 13.5. The SMILES string of the molecule is N#CC1=C(N)Oc2c(sc3ccccc23)C1c1ccccc1OC(=O)c1ccccc1F. The molecule has 7 heteroatoms. The molecule has 1 aliphatic rings. The maximum Gasteiger partial charge on any atom is 0.346 e. The lowest BCUT2D eigenvalue weighted by Crippen LogP contribution is -2.21. The Labute approximate surface area is 186 Å². The first-order valence-corrected chi connectivity index (χ1v) is 10.5. The lowest BCUT2D eigenvalue weighted by Gasteiger charge is -2.25. The second-order valence-electron chi connectivity index (χ2n) is 7.12. The van der Waals surface area contributed by atoms with Crippen molar-refractivity contribution >= 4 is 27.4 Å². The van der Waals surface area contributed by atoms with E-state index in [-0.39, 0.29) is 22.8 Å². The molecule has 0 amide bonds. The van der Waals surface area contributed by atoms with Crippen molar-refractivity contribution < 1.29 is 18.7 Å². The number of ether oxygens (including phenoxy) is 2. The summed E-state index contributed by atoms with van der Waals surface area (Å²) >= 11 is 1.48. The number of nitrogens with zero attached hydrogens (tertiary/aromatic N) is 1. The predicted molar refractivity (Wildman–Crippen MR) is 119 cm³/mol. The van der Waals surface area contributed by atoms with Crippen molar-refractivity contribution in [3.05, 3.63) is 106 Å². The van der Waals surface area contributed by atoms with Crippen LogP contribution in [0, 0.1) is 17.1 Å². The van der Waals surface area contributed by atoms with Crippen LogP contribution in [-0.2, 0) is 0 Å². The molecule has 32 heavy (non-hydrogen) atoms. The molecule has 4 aromatic rings. The first kappa shape index (κ1) is 19.8. The van der Waals surface area contributed by atoms with Crippen molar-refractivity contribution in [1.29, 1.82) is 5.26 Å². The van der Waals surface area contributed by atoms with E-state index in [0.717, 1.165) is 15.0 Å². The molecule has 0 aliphatic carbocycles. The smallest absolute Gasteiger partial charge is 0.346 e. The fraction of sp³-hybridized carbons (Fsp3) is 0.0400. The van der Waals surface area contributed by atoms with Crippen LogP contribution < -0.4 is 15.2 Å². The van der Waals surface area contributed by atoms with Crippen molar-refractivity contribution in [2.45, 2.75) is 5.92 Å². The van der Waals surface area contributed by atoms with Gasteiger partial charge in [0.2, 0.25) is 5.88 Å². The number of carbonyl (C=O) groups is 1. The number of allylic oxidation sites excluding steroid dienone is 1. The molecule has 5 nitrogen and oxygen atoms in total. The number of carbonyl (C=O) groups excluding carboxylic acids is 1. The minimum atomic E-state index is -0.824. The Morgan fingerprint density at radius 3 is 2.59 bits per heavy atom. The van der Waals surface area contributed by atoms with Crippen LogP contribution in [0.25, 0.3) is 10.1 Å². The average molecular weight is 442 g/mol. The molecular formula is C25H15FN2O3S. The van der Waals surface area contributed by atoms with Gasteiger partial charge in [0.25, 0.3) is 0 Å². The maximum absolute atomic E-state index is 14.1. The fourth-order valence-electron chi connectivity index (χ4n) is 3.78. The van der Waals surface area contributed by atoms with Crippen molar-refractivity contribution in [1.82, 2.24) is 0 Å². The van der Waals surface area contributed by atoms with E-state index in [1.165, 1.54) is 29.5 Å². The van der Waals surface area contributed by atoms with Crippen LogP contribution >= 0.6 is 11.3 Å². The number of rotatable bonds is 3. The quantitative estimate of drug-likeness (QED) is 0.336. The normalized spacial score (nSPS) is 15.1. The van der Waals surface area contributed by atoms with Crippen molar-refractivity contribution in [3.8, 4) is 17.6 Å². The predicted octanol–water partition coefficient (Wildman–Crippen LogP) is 5.48. The highest BCUT2D eigenvalue weighted by Crippen LogP contribution is 2.51. The standard InChI is InChI=1S/C25H15FN2O3S/c26-18-10-4-1-7-14(18)25(29)30-19-11-5-2-8-15(19)21-17(13-27)24(28)31-22-16-9-3-6-12-20(16)32-23(21)22/h1-12,21H,28H2. The Morgan fingerprint density at radius 1 is 1.06 bits per heavy atom. The van der Waals surface area contributed by atoms with E-state index in [9.17, 15) is 14.4 Å². The number of halogens is 1. The number of hydrogen-bond donors (Lipinski definition) is 1. The van der Waals surface area contributed by atoms with Gasteiger partial charge < -0.3 is 15.2 Å². The van der Waals surface area contributed by atoms with Crippen LogP contribution in [0.4, 0.5) is 4.39 Å². The summed E-state index contributed by atoms with van der Waals surface area (Å²) in [6.45, 7) is 0. The zero-order valence-corrected chi connectivity index (χ0v) is 17.4. The largest absolute Gasteiger partial charge is 0.439 e. The second kappa shape index (κ2) is 7.84. The summed E-state index contributed by atoms with van der Waals surface area (Å²) in [6, 6.07) is 22.3. The van der Waals surface area contributed by atoms with E-state index in [1.54, 1.807) is 30.3 Å². The average Bonchev–Trinajstić information content (AvgIpc) is 3.17. The Hall–Kier alpha value is -4.15. The van der Waals surface area contributed by atoms with Gasteiger partial charge in [0.1, 0.15) is 23.2 Å². The molecule has 1 aromatic heterocycles. The highest BCUT2D eigenvalue weighted by atomic mass is 32.1. The number of hydrogen-bond acceptors (Lipinski definition) is 6. The van der Waals surface area contributed by atoms with Gasteiger partial charge in [0, 0.05) is 15.6 Å². The molecule has 2 N–H and O–H groups in total. The molecule has 2 heterocycles. The van der Waals surface area contributed by atoms with E-state index in [0.29, 0.717) is 11.3 Å². The topological polar surface area (TPSA) is 85.3 Å².